The number of benzene rings is 1. The van der Waals surface area contributed by atoms with Crippen molar-refractivity contribution in [2.45, 2.75) is 31.2 Å². The van der Waals surface area contributed by atoms with Crippen LogP contribution in [0.15, 0.2) is 29.2 Å². The minimum absolute atomic E-state index is 0.260. The van der Waals surface area contributed by atoms with Gasteiger partial charge in [-0.3, -0.25) is 4.21 Å². The van der Waals surface area contributed by atoms with Crippen molar-refractivity contribution in [3.05, 3.63) is 30.1 Å². The second-order valence-electron chi connectivity index (χ2n) is 3.63. The molecule has 1 N–H and O–H groups in total. The summed E-state index contributed by atoms with van der Waals surface area (Å²) in [7, 11) is -1.05. The zero-order valence-corrected chi connectivity index (χ0v) is 10.5. The fourth-order valence-corrected chi connectivity index (χ4v) is 2.83. The minimum Gasteiger partial charge on any atom is -0.313 e. The van der Waals surface area contributed by atoms with Gasteiger partial charge in [0, 0.05) is 16.7 Å². The predicted octanol–water partition coefficient (Wildman–Crippen LogP) is 2.32. The van der Waals surface area contributed by atoms with Gasteiger partial charge < -0.3 is 5.32 Å². The molecule has 0 saturated heterocycles. The molecule has 2 atom stereocenters. The summed E-state index contributed by atoms with van der Waals surface area (Å²) in [5.74, 6) is 0.287. The Labute approximate surface area is 98.7 Å². The minimum atomic E-state index is -1.05. The van der Waals surface area contributed by atoms with Crippen LogP contribution in [-0.2, 0) is 10.8 Å². The molecule has 0 heterocycles. The first-order valence-corrected chi connectivity index (χ1v) is 6.86. The van der Waals surface area contributed by atoms with Gasteiger partial charge >= 0.3 is 0 Å². The molecule has 0 aliphatic carbocycles. The van der Waals surface area contributed by atoms with Crippen LogP contribution in [-0.4, -0.2) is 22.5 Å². The van der Waals surface area contributed by atoms with Crippen LogP contribution in [0, 0.1) is 5.82 Å². The Morgan fingerprint density at radius 3 is 2.44 bits per heavy atom. The zero-order chi connectivity index (χ0) is 12.0. The third-order valence-corrected chi connectivity index (χ3v) is 3.92. The largest absolute Gasteiger partial charge is 0.313 e. The van der Waals surface area contributed by atoms with Crippen LogP contribution in [0.3, 0.4) is 0 Å². The van der Waals surface area contributed by atoms with Crippen LogP contribution in [0.4, 0.5) is 4.39 Å². The quantitative estimate of drug-likeness (QED) is 0.831. The van der Waals surface area contributed by atoms with E-state index in [-0.39, 0.29) is 11.9 Å². The Balaban J connectivity index is 2.60. The fourth-order valence-electron chi connectivity index (χ4n) is 1.48. The van der Waals surface area contributed by atoms with Crippen molar-refractivity contribution < 1.29 is 8.60 Å². The average molecular weight is 243 g/mol. The summed E-state index contributed by atoms with van der Waals surface area (Å²) in [6.07, 6.45) is 0.945. The van der Waals surface area contributed by atoms with Crippen LogP contribution < -0.4 is 5.32 Å². The van der Waals surface area contributed by atoms with Crippen molar-refractivity contribution in [2.24, 2.45) is 0 Å². The molecule has 0 spiro atoms. The summed E-state index contributed by atoms with van der Waals surface area (Å²) >= 11 is 0. The van der Waals surface area contributed by atoms with Gasteiger partial charge in [-0.05, 0) is 37.2 Å². The van der Waals surface area contributed by atoms with Gasteiger partial charge in [0.05, 0.1) is 10.8 Å². The van der Waals surface area contributed by atoms with Gasteiger partial charge in [0.25, 0.3) is 0 Å². The normalized spacial score (nSPS) is 14.7. The highest BCUT2D eigenvalue weighted by Gasteiger charge is 2.11. The molecule has 0 aliphatic rings. The van der Waals surface area contributed by atoms with E-state index in [0.717, 1.165) is 13.0 Å². The first-order valence-electron chi connectivity index (χ1n) is 5.54. The monoisotopic (exact) mass is 243 g/mol. The topological polar surface area (TPSA) is 29.1 Å². The lowest BCUT2D eigenvalue weighted by Gasteiger charge is -2.14. The Morgan fingerprint density at radius 1 is 1.31 bits per heavy atom. The molecule has 0 aromatic heterocycles. The lowest BCUT2D eigenvalue weighted by atomic mass is 10.2. The van der Waals surface area contributed by atoms with Crippen molar-refractivity contribution in [1.82, 2.24) is 5.32 Å². The molecule has 1 aromatic carbocycles. The molecule has 0 radical (unpaired) electrons. The molecular weight excluding hydrogens is 225 g/mol. The molecule has 4 heteroatoms. The molecule has 0 aliphatic heterocycles. The lowest BCUT2D eigenvalue weighted by Crippen LogP contribution is -2.33. The van der Waals surface area contributed by atoms with Gasteiger partial charge in [-0.1, -0.05) is 13.8 Å². The Kier molecular flexibility index (Phi) is 5.63. The first kappa shape index (κ1) is 13.3. The molecule has 1 aromatic rings. The predicted molar refractivity (Wildman–Crippen MR) is 65.4 cm³/mol. The second kappa shape index (κ2) is 6.76. The zero-order valence-electron chi connectivity index (χ0n) is 9.70. The van der Waals surface area contributed by atoms with Gasteiger partial charge in [-0.15, -0.1) is 0 Å². The molecule has 90 valence electrons. The molecule has 0 amide bonds. The fraction of sp³-hybridized carbons (Fsp3) is 0.500. The lowest BCUT2D eigenvalue weighted by molar-refractivity contribution is 0.553. The molecular formula is C12H18FNOS. The van der Waals surface area contributed by atoms with Crippen molar-refractivity contribution in [2.75, 3.05) is 12.3 Å². The van der Waals surface area contributed by atoms with E-state index in [4.69, 9.17) is 0 Å². The molecule has 2 unspecified atom stereocenters. The van der Waals surface area contributed by atoms with E-state index in [1.54, 1.807) is 12.1 Å². The van der Waals surface area contributed by atoms with Crippen molar-refractivity contribution in [1.29, 1.82) is 0 Å². The van der Waals surface area contributed by atoms with Crippen LogP contribution in [0.5, 0.6) is 0 Å². The van der Waals surface area contributed by atoms with E-state index in [9.17, 15) is 8.60 Å². The highest BCUT2D eigenvalue weighted by molar-refractivity contribution is 7.85. The van der Waals surface area contributed by atoms with Gasteiger partial charge in [-0.25, -0.2) is 4.39 Å². The summed E-state index contributed by atoms with van der Waals surface area (Å²) in [6, 6.07) is 6.13. The van der Waals surface area contributed by atoms with Crippen LogP contribution in [0.1, 0.15) is 20.3 Å². The van der Waals surface area contributed by atoms with E-state index in [1.165, 1.54) is 12.1 Å². The highest BCUT2D eigenvalue weighted by Crippen LogP contribution is 2.09. The summed E-state index contributed by atoms with van der Waals surface area (Å²) in [4.78, 5) is 0.692. The number of hydrogen-bond acceptors (Lipinski definition) is 2. The first-order chi connectivity index (χ1) is 7.67. The summed E-state index contributed by atoms with van der Waals surface area (Å²) in [6.45, 7) is 4.97. The van der Waals surface area contributed by atoms with Crippen molar-refractivity contribution in [3.63, 3.8) is 0 Å². The average Bonchev–Trinajstić information content (AvgIpc) is 2.29. The van der Waals surface area contributed by atoms with E-state index in [1.807, 2.05) is 6.92 Å². The van der Waals surface area contributed by atoms with Crippen molar-refractivity contribution >= 4 is 10.8 Å². The smallest absolute Gasteiger partial charge is 0.123 e. The number of nitrogens with one attached hydrogen (secondary N) is 1. The number of halogens is 1. The van der Waals surface area contributed by atoms with Crippen LogP contribution >= 0.6 is 0 Å². The molecule has 0 fully saturated rings. The Bertz CT molecular complexity index is 339. The van der Waals surface area contributed by atoms with Gasteiger partial charge in [-0.2, -0.15) is 0 Å². The van der Waals surface area contributed by atoms with Crippen molar-refractivity contribution in [3.8, 4) is 0 Å². The molecule has 1 rings (SSSR count). The van der Waals surface area contributed by atoms with E-state index < -0.39 is 10.8 Å². The third-order valence-electron chi connectivity index (χ3n) is 2.41. The maximum Gasteiger partial charge on any atom is 0.123 e. The number of rotatable bonds is 6. The SMILES string of the molecule is CCNC(CC)CS(=O)c1ccc(F)cc1. The number of hydrogen-bond donors (Lipinski definition) is 1. The molecule has 0 saturated carbocycles. The van der Waals surface area contributed by atoms with Gasteiger partial charge in [0.2, 0.25) is 0 Å². The summed E-state index contributed by atoms with van der Waals surface area (Å²) in [5, 5.41) is 3.28. The van der Waals surface area contributed by atoms with Gasteiger partial charge in [0.1, 0.15) is 5.82 Å². The Morgan fingerprint density at radius 2 is 1.94 bits per heavy atom. The third kappa shape index (κ3) is 4.02. The summed E-state index contributed by atoms with van der Waals surface area (Å²) < 4.78 is 24.6. The van der Waals surface area contributed by atoms with Crippen LogP contribution in [0.2, 0.25) is 0 Å². The van der Waals surface area contributed by atoms with Crippen LogP contribution in [0.25, 0.3) is 0 Å². The molecule has 2 nitrogen and oxygen atoms in total. The molecule has 0 bridgehead atoms. The van der Waals surface area contributed by atoms with E-state index in [2.05, 4.69) is 12.2 Å². The summed E-state index contributed by atoms with van der Waals surface area (Å²) in [5.41, 5.74) is 0. The maximum atomic E-state index is 12.7. The van der Waals surface area contributed by atoms with E-state index in [0.29, 0.717) is 10.6 Å². The standard InChI is InChI=1S/C12H18FNOS/c1-3-11(14-4-2)9-16(15)12-7-5-10(13)6-8-12/h5-8,11,14H,3-4,9H2,1-2H3. The van der Waals surface area contributed by atoms with Gasteiger partial charge in [0.15, 0.2) is 0 Å². The second-order valence-corrected chi connectivity index (χ2v) is 5.12. The van der Waals surface area contributed by atoms with E-state index >= 15 is 0 Å². The highest BCUT2D eigenvalue weighted by atomic mass is 32.2. The molecule has 16 heavy (non-hydrogen) atoms. The Hall–Kier alpha value is -0.740. The maximum absolute atomic E-state index is 12.7.